The van der Waals surface area contributed by atoms with E-state index in [4.69, 9.17) is 11.6 Å². The monoisotopic (exact) mass is 434 g/mol. The minimum absolute atomic E-state index is 0.0921. The molecule has 27 heavy (non-hydrogen) atoms. The molecule has 3 heterocycles. The molecule has 0 radical (unpaired) electrons. The average molecular weight is 435 g/mol. The van der Waals surface area contributed by atoms with Gasteiger partial charge in [-0.2, -0.15) is 4.31 Å². The van der Waals surface area contributed by atoms with Crippen LogP contribution in [0.1, 0.15) is 12.8 Å². The summed E-state index contributed by atoms with van der Waals surface area (Å²) in [6.07, 6.45) is 2.16. The first-order valence-electron chi connectivity index (χ1n) is 9.19. The van der Waals surface area contributed by atoms with Gasteiger partial charge < -0.3 is 9.80 Å². The van der Waals surface area contributed by atoms with Crippen molar-refractivity contribution in [2.24, 2.45) is 0 Å². The van der Waals surface area contributed by atoms with Crippen LogP contribution in [0.3, 0.4) is 0 Å². The summed E-state index contributed by atoms with van der Waals surface area (Å²) in [7, 11) is 0.683. The second-order valence-electron chi connectivity index (χ2n) is 7.31. The van der Waals surface area contributed by atoms with Crippen LogP contribution in [0.25, 0.3) is 0 Å². The van der Waals surface area contributed by atoms with Crippen molar-refractivity contribution >= 4 is 38.9 Å². The van der Waals surface area contributed by atoms with Gasteiger partial charge in [-0.1, -0.05) is 11.6 Å². The molecular formula is C17H27ClN4O3S2. The van der Waals surface area contributed by atoms with Crippen LogP contribution in [0.5, 0.6) is 0 Å². The number of halogens is 1. The van der Waals surface area contributed by atoms with Crippen LogP contribution in [-0.2, 0) is 14.8 Å². The summed E-state index contributed by atoms with van der Waals surface area (Å²) in [5.74, 6) is 0.0921. The summed E-state index contributed by atoms with van der Waals surface area (Å²) in [4.78, 5) is 18.8. The molecule has 0 atom stereocenters. The Kier molecular flexibility index (Phi) is 6.81. The van der Waals surface area contributed by atoms with E-state index >= 15 is 0 Å². The molecular weight excluding hydrogens is 408 g/mol. The van der Waals surface area contributed by atoms with E-state index in [-0.39, 0.29) is 10.1 Å². The largest absolute Gasteiger partial charge is 0.339 e. The Bertz CT molecular complexity index is 752. The first kappa shape index (κ1) is 21.0. The normalized spacial score (nSPS) is 21.1. The summed E-state index contributed by atoms with van der Waals surface area (Å²) < 4.78 is 27.4. The van der Waals surface area contributed by atoms with Crippen molar-refractivity contribution in [3.05, 3.63) is 16.5 Å². The van der Waals surface area contributed by atoms with Gasteiger partial charge in [0.05, 0.1) is 10.9 Å². The lowest BCUT2D eigenvalue weighted by molar-refractivity contribution is -0.134. The predicted octanol–water partition coefficient (Wildman–Crippen LogP) is 1.26. The van der Waals surface area contributed by atoms with Crippen molar-refractivity contribution in [2.45, 2.75) is 23.1 Å². The molecule has 7 nitrogen and oxygen atoms in total. The highest BCUT2D eigenvalue weighted by molar-refractivity contribution is 7.91. The van der Waals surface area contributed by atoms with E-state index in [1.54, 1.807) is 11.0 Å². The van der Waals surface area contributed by atoms with Gasteiger partial charge in [-0.3, -0.25) is 9.69 Å². The molecule has 0 aromatic carbocycles. The maximum absolute atomic E-state index is 12.6. The fourth-order valence-electron chi connectivity index (χ4n) is 3.63. The molecule has 0 N–H and O–H groups in total. The smallest absolute Gasteiger partial charge is 0.252 e. The number of hydrogen-bond acceptors (Lipinski definition) is 6. The van der Waals surface area contributed by atoms with E-state index < -0.39 is 10.0 Å². The fraction of sp³-hybridized carbons (Fsp3) is 0.706. The Balaban J connectivity index is 1.48. The minimum atomic E-state index is -3.52. The summed E-state index contributed by atoms with van der Waals surface area (Å²) in [5.41, 5.74) is 0. The van der Waals surface area contributed by atoms with Crippen LogP contribution in [-0.4, -0.2) is 99.3 Å². The van der Waals surface area contributed by atoms with Gasteiger partial charge in [-0.25, -0.2) is 8.42 Å². The Morgan fingerprint density at radius 1 is 1.15 bits per heavy atom. The van der Waals surface area contributed by atoms with E-state index in [0.29, 0.717) is 43.1 Å². The number of thiophene rings is 1. The minimum Gasteiger partial charge on any atom is -0.339 e. The van der Waals surface area contributed by atoms with Gasteiger partial charge in [-0.15, -0.1) is 11.3 Å². The van der Waals surface area contributed by atoms with Crippen LogP contribution < -0.4 is 0 Å². The van der Waals surface area contributed by atoms with E-state index in [1.807, 2.05) is 0 Å². The van der Waals surface area contributed by atoms with Crippen LogP contribution in [0.4, 0.5) is 0 Å². The number of amides is 1. The molecule has 10 heteroatoms. The number of nitrogens with zero attached hydrogens (tertiary/aromatic N) is 4. The van der Waals surface area contributed by atoms with E-state index in [9.17, 15) is 13.2 Å². The number of sulfonamides is 1. The van der Waals surface area contributed by atoms with Crippen LogP contribution in [0.15, 0.2) is 16.3 Å². The molecule has 0 unspecified atom stereocenters. The van der Waals surface area contributed by atoms with Crippen molar-refractivity contribution in [3.63, 3.8) is 0 Å². The number of piperazine rings is 1. The van der Waals surface area contributed by atoms with Crippen molar-refractivity contribution in [3.8, 4) is 0 Å². The zero-order chi connectivity index (χ0) is 19.6. The number of carbonyl (C=O) groups is 1. The lowest BCUT2D eigenvalue weighted by Crippen LogP contribution is -2.53. The molecule has 0 spiro atoms. The van der Waals surface area contributed by atoms with Gasteiger partial charge >= 0.3 is 0 Å². The fourth-order valence-corrected chi connectivity index (χ4v) is 6.69. The van der Waals surface area contributed by atoms with Crippen LogP contribution in [0.2, 0.25) is 4.34 Å². The molecule has 2 fully saturated rings. The SMILES string of the molecule is CN(C)C1CCN(CC(=O)N2CCN(S(=O)(=O)c3ccc(Cl)s3)CC2)CC1. The van der Waals surface area contributed by atoms with E-state index in [2.05, 4.69) is 23.9 Å². The number of likely N-dealkylation sites (tertiary alicyclic amines) is 1. The van der Waals surface area contributed by atoms with Crippen molar-refractivity contribution < 1.29 is 13.2 Å². The third-order valence-corrected chi connectivity index (χ3v) is 8.98. The third kappa shape index (κ3) is 5.02. The van der Waals surface area contributed by atoms with Crippen LogP contribution >= 0.6 is 22.9 Å². The van der Waals surface area contributed by atoms with E-state index in [0.717, 1.165) is 37.3 Å². The molecule has 0 aliphatic carbocycles. The average Bonchev–Trinajstić information content (AvgIpc) is 3.09. The molecule has 1 amide bonds. The molecule has 3 rings (SSSR count). The van der Waals surface area contributed by atoms with Gasteiger partial charge in [0.1, 0.15) is 4.21 Å². The third-order valence-electron chi connectivity index (χ3n) is 5.38. The second kappa shape index (κ2) is 8.75. The molecule has 2 aliphatic rings. The molecule has 2 saturated heterocycles. The number of carbonyl (C=O) groups excluding carboxylic acids is 1. The highest BCUT2D eigenvalue weighted by atomic mass is 35.5. The molecule has 1 aromatic heterocycles. The predicted molar refractivity (Wildman–Crippen MR) is 108 cm³/mol. The van der Waals surface area contributed by atoms with E-state index in [1.165, 1.54) is 10.4 Å². The molecule has 2 aliphatic heterocycles. The Labute approximate surface area is 170 Å². The first-order chi connectivity index (χ1) is 12.8. The Morgan fingerprint density at radius 2 is 1.78 bits per heavy atom. The highest BCUT2D eigenvalue weighted by Crippen LogP contribution is 2.28. The lowest BCUT2D eigenvalue weighted by atomic mass is 10.0. The zero-order valence-corrected chi connectivity index (χ0v) is 18.2. The summed E-state index contributed by atoms with van der Waals surface area (Å²) in [6.45, 7) is 3.81. The van der Waals surface area contributed by atoms with Gasteiger partial charge in [0.15, 0.2) is 0 Å². The standard InChI is InChI=1S/C17H27ClN4O3S2/c1-19(2)14-5-7-20(8-6-14)13-16(23)21-9-11-22(12-10-21)27(24,25)17-4-3-15(18)26-17/h3-4,14H,5-13H2,1-2H3. The van der Waals surface area contributed by atoms with Gasteiger partial charge in [0.2, 0.25) is 5.91 Å². The zero-order valence-electron chi connectivity index (χ0n) is 15.8. The maximum atomic E-state index is 12.6. The van der Waals surface area contributed by atoms with Crippen molar-refractivity contribution in [1.82, 2.24) is 19.0 Å². The summed E-state index contributed by atoms with van der Waals surface area (Å²) in [5, 5.41) is 0. The summed E-state index contributed by atoms with van der Waals surface area (Å²) >= 11 is 6.93. The molecule has 0 saturated carbocycles. The number of piperidine rings is 1. The Hall–Kier alpha value is -0.710. The number of rotatable bonds is 5. The summed E-state index contributed by atoms with van der Waals surface area (Å²) in [6, 6.07) is 3.73. The van der Waals surface area contributed by atoms with Crippen molar-refractivity contribution in [2.75, 3.05) is 59.9 Å². The van der Waals surface area contributed by atoms with Gasteiger partial charge in [0, 0.05) is 45.3 Å². The highest BCUT2D eigenvalue weighted by Gasteiger charge is 2.32. The number of hydrogen-bond donors (Lipinski definition) is 0. The quantitative estimate of drug-likeness (QED) is 0.698. The molecule has 1 aromatic rings. The topological polar surface area (TPSA) is 64.2 Å². The molecule has 0 bridgehead atoms. The lowest BCUT2D eigenvalue weighted by Gasteiger charge is -2.37. The maximum Gasteiger partial charge on any atom is 0.252 e. The Morgan fingerprint density at radius 3 is 2.30 bits per heavy atom. The first-order valence-corrected chi connectivity index (χ1v) is 11.8. The van der Waals surface area contributed by atoms with Crippen LogP contribution in [0, 0.1) is 0 Å². The second-order valence-corrected chi connectivity index (χ2v) is 11.2. The van der Waals surface area contributed by atoms with Gasteiger partial charge in [-0.05, 0) is 39.1 Å². The molecule has 152 valence electrons. The van der Waals surface area contributed by atoms with Crippen molar-refractivity contribution in [1.29, 1.82) is 0 Å². The van der Waals surface area contributed by atoms with Gasteiger partial charge in [0.25, 0.3) is 10.0 Å².